The topological polar surface area (TPSA) is 94.4 Å². The maximum Gasteiger partial charge on any atom is 0.312 e. The maximum absolute atomic E-state index is 13.5. The highest BCUT2D eigenvalue weighted by atomic mass is 31.0. The summed E-state index contributed by atoms with van der Waals surface area (Å²) in [6.45, 7) is 8.44. The third-order valence-corrected chi connectivity index (χ3v) is 6.06. The van der Waals surface area contributed by atoms with E-state index in [9.17, 15) is 4.79 Å². The van der Waals surface area contributed by atoms with Gasteiger partial charge in [0.05, 0.1) is 23.2 Å². The number of carbonyl (C=O) groups is 1. The molecule has 0 aromatic carbocycles. The maximum atomic E-state index is 13.5. The van der Waals surface area contributed by atoms with E-state index >= 15 is 0 Å². The summed E-state index contributed by atoms with van der Waals surface area (Å²) >= 11 is 0. The summed E-state index contributed by atoms with van der Waals surface area (Å²) in [5.41, 5.74) is 4.40. The molecule has 0 saturated carbocycles. The zero-order chi connectivity index (χ0) is 21.9. The van der Waals surface area contributed by atoms with E-state index in [1.54, 1.807) is 11.2 Å². The fourth-order valence-corrected chi connectivity index (χ4v) is 4.28. The lowest BCUT2D eigenvalue weighted by molar-refractivity contribution is 0.0642. The molecule has 2 atom stereocenters. The number of amides is 1. The van der Waals surface area contributed by atoms with Gasteiger partial charge < -0.3 is 13.7 Å². The molecule has 1 amide bonds. The third-order valence-electron chi connectivity index (χ3n) is 5.61. The highest BCUT2D eigenvalue weighted by Gasteiger charge is 2.39. The molecule has 31 heavy (non-hydrogen) atoms. The minimum atomic E-state index is -0.442. The van der Waals surface area contributed by atoms with Crippen molar-refractivity contribution in [3.8, 4) is 0 Å². The molecule has 0 spiro atoms. The number of pyridine rings is 1. The Bertz CT molecular complexity index is 1300. The van der Waals surface area contributed by atoms with Crippen molar-refractivity contribution in [3.05, 3.63) is 65.1 Å². The van der Waals surface area contributed by atoms with E-state index in [-0.39, 0.29) is 17.2 Å². The highest BCUT2D eigenvalue weighted by molar-refractivity contribution is 7.14. The van der Waals surface area contributed by atoms with Crippen LogP contribution in [0, 0.1) is 6.92 Å². The van der Waals surface area contributed by atoms with Crippen molar-refractivity contribution in [2.24, 2.45) is 0 Å². The minimum absolute atomic E-state index is 0.0105. The monoisotopic (exact) mass is 437 g/mol. The Hall–Kier alpha value is -3.06. The van der Waals surface area contributed by atoms with Gasteiger partial charge in [0.25, 0.3) is 0 Å². The Morgan fingerprint density at radius 3 is 2.81 bits per heavy atom. The second kappa shape index (κ2) is 6.99. The van der Waals surface area contributed by atoms with Crippen LogP contribution >= 0.6 is 9.39 Å². The molecule has 160 valence electrons. The van der Waals surface area contributed by atoms with E-state index in [4.69, 9.17) is 9.52 Å². The number of imidazole rings is 1. The molecule has 1 aliphatic rings. The highest BCUT2D eigenvalue weighted by Crippen LogP contribution is 2.36. The van der Waals surface area contributed by atoms with Gasteiger partial charge in [0.2, 0.25) is 5.89 Å². The number of fused-ring (bicyclic) bond motifs is 2. The van der Waals surface area contributed by atoms with Crippen molar-refractivity contribution in [1.29, 1.82) is 0 Å². The first-order valence-corrected chi connectivity index (χ1v) is 10.7. The molecule has 0 radical (unpaired) electrons. The molecular weight excluding hydrogens is 413 g/mol. The molecule has 0 fully saturated rings. The number of hydrogen-bond acceptors (Lipinski definition) is 6. The van der Waals surface area contributed by atoms with E-state index in [0.717, 1.165) is 28.2 Å². The molecule has 5 heterocycles. The van der Waals surface area contributed by atoms with E-state index < -0.39 is 6.04 Å². The van der Waals surface area contributed by atoms with Gasteiger partial charge >= 0.3 is 11.8 Å². The quantitative estimate of drug-likeness (QED) is 0.448. The largest absolute Gasteiger partial charge is 0.416 e. The molecule has 1 aliphatic heterocycles. The Balaban J connectivity index is 1.61. The number of aromatic nitrogens is 6. The summed E-state index contributed by atoms with van der Waals surface area (Å²) in [4.78, 5) is 19.8. The molecule has 0 saturated heterocycles. The second-order valence-electron chi connectivity index (χ2n) is 8.89. The van der Waals surface area contributed by atoms with Crippen LogP contribution in [0.15, 0.2) is 35.1 Å². The smallest absolute Gasteiger partial charge is 0.312 e. The van der Waals surface area contributed by atoms with Crippen LogP contribution in [-0.2, 0) is 11.8 Å². The molecule has 4 aromatic rings. The van der Waals surface area contributed by atoms with Crippen molar-refractivity contribution < 1.29 is 9.21 Å². The molecule has 1 unspecified atom stereocenters. The lowest BCUT2D eigenvalue weighted by atomic mass is 9.97. The van der Waals surface area contributed by atoms with Crippen LogP contribution in [0.2, 0.25) is 0 Å². The first-order valence-electron chi connectivity index (χ1n) is 10.1. The molecule has 10 heteroatoms. The van der Waals surface area contributed by atoms with Gasteiger partial charge in [-0.1, -0.05) is 26.8 Å². The number of nitrogens with zero attached hydrogens (tertiary/aromatic N) is 7. The van der Waals surface area contributed by atoms with E-state index in [2.05, 4.69) is 24.6 Å². The fourth-order valence-electron chi connectivity index (χ4n) is 3.95. The molecule has 0 N–H and O–H groups in total. The van der Waals surface area contributed by atoms with E-state index in [0.29, 0.717) is 18.9 Å². The Labute approximate surface area is 181 Å². The molecule has 0 aliphatic carbocycles. The molecule has 4 aromatic heterocycles. The number of carbonyl (C=O) groups excluding carboxylic acids is 1. The predicted molar refractivity (Wildman–Crippen MR) is 117 cm³/mol. The summed E-state index contributed by atoms with van der Waals surface area (Å²) in [6.07, 6.45) is 4.33. The SMILES string of the molecule is Cc1cccn2nc([C@@H]3c4ncn(P)c4CCN3C(=O)c3nnc(C(C)(C)C)o3)cc12. The second-order valence-corrected chi connectivity index (χ2v) is 9.44. The summed E-state index contributed by atoms with van der Waals surface area (Å²) in [5, 5.41) is 12.9. The zero-order valence-corrected chi connectivity index (χ0v) is 19.1. The van der Waals surface area contributed by atoms with Crippen LogP contribution in [0.3, 0.4) is 0 Å². The molecular formula is C21H24N7O2P. The van der Waals surface area contributed by atoms with Crippen LogP contribution < -0.4 is 0 Å². The van der Waals surface area contributed by atoms with Gasteiger partial charge in [-0.3, -0.25) is 4.79 Å². The van der Waals surface area contributed by atoms with Gasteiger partial charge in [-0.05, 0) is 34.0 Å². The first-order chi connectivity index (χ1) is 14.7. The van der Waals surface area contributed by atoms with Crippen molar-refractivity contribution >= 4 is 20.8 Å². The van der Waals surface area contributed by atoms with Crippen molar-refractivity contribution in [1.82, 2.24) is 34.0 Å². The lowest BCUT2D eigenvalue weighted by Crippen LogP contribution is -2.41. The molecule has 5 rings (SSSR count). The van der Waals surface area contributed by atoms with Gasteiger partial charge in [0.15, 0.2) is 0 Å². The van der Waals surface area contributed by atoms with Crippen LogP contribution in [0.1, 0.15) is 66.0 Å². The fraction of sp³-hybridized carbons (Fsp3) is 0.381. The van der Waals surface area contributed by atoms with Crippen LogP contribution in [0.4, 0.5) is 0 Å². The summed E-state index contributed by atoms with van der Waals surface area (Å²) in [6, 6.07) is 5.58. The van der Waals surface area contributed by atoms with Crippen molar-refractivity contribution in [2.75, 3.05) is 6.54 Å². The van der Waals surface area contributed by atoms with Gasteiger partial charge in [0.1, 0.15) is 6.04 Å². The Morgan fingerprint density at radius 1 is 1.29 bits per heavy atom. The Kier molecular flexibility index (Phi) is 4.48. The number of hydrogen-bond donors (Lipinski definition) is 0. The average Bonchev–Trinajstić information content (AvgIpc) is 3.45. The average molecular weight is 437 g/mol. The summed E-state index contributed by atoms with van der Waals surface area (Å²) in [5.74, 6) is 0.108. The third kappa shape index (κ3) is 3.24. The van der Waals surface area contributed by atoms with Gasteiger partial charge in [-0.2, -0.15) is 5.10 Å². The Morgan fingerprint density at radius 2 is 2.10 bits per heavy atom. The van der Waals surface area contributed by atoms with Gasteiger partial charge in [0, 0.05) is 30.3 Å². The minimum Gasteiger partial charge on any atom is -0.416 e. The van der Waals surface area contributed by atoms with E-state index in [1.165, 1.54) is 0 Å². The van der Waals surface area contributed by atoms with Crippen LogP contribution in [0.25, 0.3) is 5.52 Å². The zero-order valence-electron chi connectivity index (χ0n) is 17.9. The first kappa shape index (κ1) is 19.9. The van der Waals surface area contributed by atoms with Crippen LogP contribution in [-0.4, -0.2) is 46.5 Å². The number of aryl methyl sites for hydroxylation is 1. The lowest BCUT2D eigenvalue weighted by Gasteiger charge is -2.33. The molecule has 0 bridgehead atoms. The normalized spacial score (nSPS) is 16.7. The number of rotatable bonds is 2. The summed E-state index contributed by atoms with van der Waals surface area (Å²) in [7, 11) is 2.66. The van der Waals surface area contributed by atoms with Gasteiger partial charge in [-0.25, -0.2) is 9.50 Å². The predicted octanol–water partition coefficient (Wildman–Crippen LogP) is 2.95. The van der Waals surface area contributed by atoms with E-state index in [1.807, 2.05) is 60.9 Å². The van der Waals surface area contributed by atoms with Crippen molar-refractivity contribution in [3.63, 3.8) is 0 Å². The van der Waals surface area contributed by atoms with Crippen LogP contribution in [0.5, 0.6) is 0 Å². The van der Waals surface area contributed by atoms with Crippen molar-refractivity contribution in [2.45, 2.75) is 45.6 Å². The summed E-state index contributed by atoms with van der Waals surface area (Å²) < 4.78 is 9.51. The molecule has 9 nitrogen and oxygen atoms in total. The van der Waals surface area contributed by atoms with Gasteiger partial charge in [-0.15, -0.1) is 10.2 Å². The standard InChI is InChI=1S/C21H24N7O2P/c1-12-6-5-8-27-15(12)10-13(25-27)17-16-14(28(31)11-22-16)7-9-26(17)19(29)18-23-24-20(30-18)21(2,3)4/h5-6,8,10-11,17H,7,9,31H2,1-4H3/t17-/m1/s1.